The Morgan fingerprint density at radius 3 is 2.68 bits per heavy atom. The SMILES string of the molecule is C[C@@H](c1ccc2c(n1)OCCO2)N1CCC(Oc2ccc(C(N)=O)nn2)CC1. The number of aromatic nitrogens is 3. The number of primary amides is 1. The van der Waals surface area contributed by atoms with Crippen molar-refractivity contribution in [2.24, 2.45) is 5.73 Å². The van der Waals surface area contributed by atoms with Gasteiger partial charge in [-0.3, -0.25) is 9.69 Å². The summed E-state index contributed by atoms with van der Waals surface area (Å²) in [6.07, 6.45) is 1.80. The predicted molar refractivity (Wildman–Crippen MR) is 99.4 cm³/mol. The fourth-order valence-corrected chi connectivity index (χ4v) is 3.43. The van der Waals surface area contributed by atoms with Gasteiger partial charge in [0, 0.05) is 25.2 Å². The zero-order chi connectivity index (χ0) is 19.5. The molecule has 9 nitrogen and oxygen atoms in total. The molecule has 2 N–H and O–H groups in total. The molecule has 2 aromatic heterocycles. The fourth-order valence-electron chi connectivity index (χ4n) is 3.43. The summed E-state index contributed by atoms with van der Waals surface area (Å²) in [6, 6.07) is 7.25. The third-order valence-electron chi connectivity index (χ3n) is 5.06. The van der Waals surface area contributed by atoms with Crippen LogP contribution in [0, 0.1) is 0 Å². The number of likely N-dealkylation sites (tertiary alicyclic amines) is 1. The minimum absolute atomic E-state index is 0.0606. The summed E-state index contributed by atoms with van der Waals surface area (Å²) in [5.74, 6) is 1.09. The molecule has 0 unspecified atom stereocenters. The van der Waals surface area contributed by atoms with Gasteiger partial charge in [0.05, 0.1) is 5.69 Å². The normalized spacial score (nSPS) is 18.5. The molecule has 4 heterocycles. The summed E-state index contributed by atoms with van der Waals surface area (Å²) in [5.41, 5.74) is 6.27. The molecule has 0 radical (unpaired) electrons. The highest BCUT2D eigenvalue weighted by Gasteiger charge is 2.26. The first-order valence-corrected chi connectivity index (χ1v) is 9.41. The smallest absolute Gasteiger partial charge is 0.269 e. The minimum atomic E-state index is -0.603. The third-order valence-corrected chi connectivity index (χ3v) is 5.06. The number of hydrogen-bond acceptors (Lipinski definition) is 8. The van der Waals surface area contributed by atoms with E-state index in [1.807, 2.05) is 12.1 Å². The average molecular weight is 385 g/mol. The van der Waals surface area contributed by atoms with Crippen molar-refractivity contribution in [3.63, 3.8) is 0 Å². The fraction of sp³-hybridized carbons (Fsp3) is 0.474. The Balaban J connectivity index is 1.32. The Hall–Kier alpha value is -2.94. The maximum absolute atomic E-state index is 11.1. The van der Waals surface area contributed by atoms with Crippen LogP contribution < -0.4 is 19.9 Å². The van der Waals surface area contributed by atoms with Crippen LogP contribution in [0.2, 0.25) is 0 Å². The quantitative estimate of drug-likeness (QED) is 0.821. The lowest BCUT2D eigenvalue weighted by Gasteiger charge is -2.35. The van der Waals surface area contributed by atoms with Crippen molar-refractivity contribution in [2.75, 3.05) is 26.3 Å². The summed E-state index contributed by atoms with van der Waals surface area (Å²) < 4.78 is 17.0. The van der Waals surface area contributed by atoms with Crippen molar-refractivity contribution < 1.29 is 19.0 Å². The van der Waals surface area contributed by atoms with Gasteiger partial charge in [0.25, 0.3) is 11.8 Å². The van der Waals surface area contributed by atoms with Crippen molar-refractivity contribution in [3.05, 3.63) is 35.7 Å². The molecule has 9 heteroatoms. The molecule has 2 aromatic rings. The summed E-state index contributed by atoms with van der Waals surface area (Å²) >= 11 is 0. The summed E-state index contributed by atoms with van der Waals surface area (Å²) in [7, 11) is 0. The van der Waals surface area contributed by atoms with Gasteiger partial charge < -0.3 is 19.9 Å². The second kappa shape index (κ2) is 7.97. The number of carbonyl (C=O) groups is 1. The molecule has 0 bridgehead atoms. The number of amides is 1. The molecule has 0 saturated carbocycles. The highest BCUT2D eigenvalue weighted by atomic mass is 16.6. The summed E-state index contributed by atoms with van der Waals surface area (Å²) in [5, 5.41) is 7.69. The van der Waals surface area contributed by atoms with E-state index in [2.05, 4.69) is 27.0 Å². The van der Waals surface area contributed by atoms with Gasteiger partial charge in [-0.05, 0) is 38.0 Å². The van der Waals surface area contributed by atoms with Crippen molar-refractivity contribution in [3.8, 4) is 17.5 Å². The van der Waals surface area contributed by atoms with Crippen LogP contribution in [0.5, 0.6) is 17.5 Å². The Morgan fingerprint density at radius 1 is 1.18 bits per heavy atom. The number of nitrogens with zero attached hydrogens (tertiary/aromatic N) is 4. The van der Waals surface area contributed by atoms with Gasteiger partial charge in [-0.15, -0.1) is 10.2 Å². The molecule has 1 atom stereocenters. The minimum Gasteiger partial charge on any atom is -0.484 e. The number of carbonyl (C=O) groups excluding carboxylic acids is 1. The predicted octanol–water partition coefficient (Wildman–Crippen LogP) is 1.35. The molecule has 148 valence electrons. The number of rotatable bonds is 5. The zero-order valence-electron chi connectivity index (χ0n) is 15.7. The zero-order valence-corrected chi connectivity index (χ0v) is 15.7. The van der Waals surface area contributed by atoms with Gasteiger partial charge in [-0.2, -0.15) is 0 Å². The lowest BCUT2D eigenvalue weighted by Crippen LogP contribution is -2.40. The van der Waals surface area contributed by atoms with Crippen molar-refractivity contribution in [1.82, 2.24) is 20.1 Å². The molecule has 1 fully saturated rings. The van der Waals surface area contributed by atoms with Crippen LogP contribution in [0.1, 0.15) is 42.0 Å². The van der Waals surface area contributed by atoms with Crippen LogP contribution in [0.3, 0.4) is 0 Å². The molecule has 0 spiro atoms. The number of fused-ring (bicyclic) bond motifs is 1. The highest BCUT2D eigenvalue weighted by molar-refractivity contribution is 5.90. The maximum atomic E-state index is 11.1. The van der Waals surface area contributed by atoms with Crippen molar-refractivity contribution in [1.29, 1.82) is 0 Å². The average Bonchev–Trinajstić information content (AvgIpc) is 2.74. The standard InChI is InChI=1S/C19H23N5O4/c1-12(14-2-4-16-19(21-14)27-11-10-26-16)24-8-6-13(7-9-24)28-17-5-3-15(18(20)25)22-23-17/h2-5,12-13H,6-11H2,1H3,(H2,20,25)/t12-/m0/s1. The molecule has 1 amide bonds. The van der Waals surface area contributed by atoms with Gasteiger partial charge in [0.15, 0.2) is 11.4 Å². The number of nitrogens with two attached hydrogens (primary N) is 1. The second-order valence-corrected chi connectivity index (χ2v) is 6.89. The molecule has 0 aliphatic carbocycles. The van der Waals surface area contributed by atoms with Gasteiger partial charge in [-0.25, -0.2) is 4.98 Å². The molecule has 2 aliphatic rings. The molecular formula is C19H23N5O4. The van der Waals surface area contributed by atoms with Gasteiger partial charge >= 0.3 is 0 Å². The van der Waals surface area contributed by atoms with Crippen LogP contribution in [0.4, 0.5) is 0 Å². The molecule has 0 aromatic carbocycles. The molecule has 2 aliphatic heterocycles. The molecular weight excluding hydrogens is 362 g/mol. The van der Waals surface area contributed by atoms with E-state index < -0.39 is 5.91 Å². The molecule has 28 heavy (non-hydrogen) atoms. The van der Waals surface area contributed by atoms with E-state index in [1.165, 1.54) is 6.07 Å². The van der Waals surface area contributed by atoms with E-state index in [4.69, 9.17) is 19.9 Å². The van der Waals surface area contributed by atoms with E-state index in [-0.39, 0.29) is 17.8 Å². The van der Waals surface area contributed by atoms with Crippen LogP contribution in [0.25, 0.3) is 0 Å². The van der Waals surface area contributed by atoms with Gasteiger partial charge in [0.2, 0.25) is 5.88 Å². The first-order valence-electron chi connectivity index (χ1n) is 9.41. The third kappa shape index (κ3) is 3.99. The van der Waals surface area contributed by atoms with Crippen LogP contribution >= 0.6 is 0 Å². The number of pyridine rings is 1. The van der Waals surface area contributed by atoms with Gasteiger partial charge in [-0.1, -0.05) is 0 Å². The monoisotopic (exact) mass is 385 g/mol. The Morgan fingerprint density at radius 2 is 1.96 bits per heavy atom. The summed E-state index contributed by atoms with van der Waals surface area (Å²) in [6.45, 7) is 5.01. The summed E-state index contributed by atoms with van der Waals surface area (Å²) in [4.78, 5) is 18.0. The van der Waals surface area contributed by atoms with Crippen LogP contribution in [-0.2, 0) is 0 Å². The van der Waals surface area contributed by atoms with Crippen LogP contribution in [-0.4, -0.2) is 58.4 Å². The van der Waals surface area contributed by atoms with E-state index in [0.717, 1.165) is 31.6 Å². The maximum Gasteiger partial charge on any atom is 0.269 e. The lowest BCUT2D eigenvalue weighted by molar-refractivity contribution is 0.0745. The first kappa shape index (κ1) is 18.4. The largest absolute Gasteiger partial charge is 0.484 e. The molecule has 4 rings (SSSR count). The van der Waals surface area contributed by atoms with Crippen molar-refractivity contribution >= 4 is 5.91 Å². The Kier molecular flexibility index (Phi) is 5.25. The number of ether oxygens (including phenoxy) is 3. The van der Waals surface area contributed by atoms with E-state index in [9.17, 15) is 4.79 Å². The first-order chi connectivity index (χ1) is 13.6. The number of piperidine rings is 1. The van der Waals surface area contributed by atoms with Crippen molar-refractivity contribution in [2.45, 2.75) is 31.9 Å². The molecule has 1 saturated heterocycles. The topological polar surface area (TPSA) is 113 Å². The Labute approximate surface area is 162 Å². The van der Waals surface area contributed by atoms with Crippen LogP contribution in [0.15, 0.2) is 24.3 Å². The lowest BCUT2D eigenvalue weighted by atomic mass is 10.0. The van der Waals surface area contributed by atoms with Gasteiger partial charge in [0.1, 0.15) is 19.3 Å². The second-order valence-electron chi connectivity index (χ2n) is 6.89. The van der Waals surface area contributed by atoms with E-state index in [1.54, 1.807) is 6.07 Å². The number of hydrogen-bond donors (Lipinski definition) is 1. The van der Waals surface area contributed by atoms with E-state index >= 15 is 0 Å². The highest BCUT2D eigenvalue weighted by Crippen LogP contribution is 2.31. The van der Waals surface area contributed by atoms with E-state index in [0.29, 0.717) is 30.7 Å². The Bertz CT molecular complexity index is 837.